The molecule has 1 aliphatic rings. The molecule has 0 aliphatic heterocycles. The Balaban J connectivity index is 0. The number of rotatable bonds is 2. The van der Waals surface area contributed by atoms with Crippen LogP contribution < -0.4 is 0 Å². The van der Waals surface area contributed by atoms with Crippen LogP contribution in [-0.2, 0) is 24.7 Å². The fraction of sp³-hybridized carbons (Fsp3) is 0.636. The molecular formula is C11H19Cl2Zr. The van der Waals surface area contributed by atoms with Crippen LogP contribution in [-0.4, -0.2) is 0 Å². The van der Waals surface area contributed by atoms with Crippen LogP contribution in [0.3, 0.4) is 0 Å². The molecule has 3 heteroatoms. The first kappa shape index (κ1) is 17.3. The Hall–Kier alpha value is 0.943. The Morgan fingerprint density at radius 1 is 1.07 bits per heavy atom. The summed E-state index contributed by atoms with van der Waals surface area (Å²) >= 11 is 1.59. The molecule has 1 rings (SSSR count). The Morgan fingerprint density at radius 3 is 1.86 bits per heavy atom. The van der Waals surface area contributed by atoms with Crippen molar-refractivity contribution >= 4 is 24.8 Å². The van der Waals surface area contributed by atoms with Gasteiger partial charge in [-0.3, -0.25) is 0 Å². The fourth-order valence-corrected chi connectivity index (χ4v) is 2.56. The van der Waals surface area contributed by atoms with Crippen molar-refractivity contribution in [2.45, 2.75) is 34.1 Å². The first-order chi connectivity index (χ1) is 5.52. The van der Waals surface area contributed by atoms with Gasteiger partial charge >= 0.3 is 91.2 Å². The van der Waals surface area contributed by atoms with Crippen LogP contribution in [0, 0.1) is 11.8 Å². The van der Waals surface area contributed by atoms with E-state index in [-0.39, 0.29) is 24.8 Å². The molecule has 0 nitrogen and oxygen atoms in total. The van der Waals surface area contributed by atoms with Crippen molar-refractivity contribution in [2.24, 2.45) is 11.8 Å². The van der Waals surface area contributed by atoms with Gasteiger partial charge in [0.15, 0.2) is 0 Å². The van der Waals surface area contributed by atoms with Crippen LogP contribution in [0.1, 0.15) is 34.1 Å². The average Bonchev–Trinajstić information content (AvgIpc) is 2.31. The Kier molecular flexibility index (Phi) is 8.99. The third-order valence-electron chi connectivity index (χ3n) is 2.40. The fourth-order valence-electron chi connectivity index (χ4n) is 1.71. The molecule has 0 aromatic carbocycles. The standard InChI is InChI=1S/C11H17.2ClH.Zr/c1-8(2)10-6-5-7-11(10)9(3)4;;;/h6,8-9H,7H2,1-4H3;2*1H;. The van der Waals surface area contributed by atoms with Gasteiger partial charge in [-0.15, -0.1) is 24.8 Å². The van der Waals surface area contributed by atoms with Crippen molar-refractivity contribution in [3.8, 4) is 0 Å². The zero-order valence-electron chi connectivity index (χ0n) is 9.26. The summed E-state index contributed by atoms with van der Waals surface area (Å²) in [6.45, 7) is 9.20. The maximum Gasteiger partial charge on any atom is -0.147 e. The molecule has 0 aromatic rings. The van der Waals surface area contributed by atoms with E-state index in [1.165, 1.54) is 6.42 Å². The molecule has 0 N–H and O–H groups in total. The van der Waals surface area contributed by atoms with E-state index in [0.29, 0.717) is 5.92 Å². The van der Waals surface area contributed by atoms with E-state index in [4.69, 9.17) is 0 Å². The summed E-state index contributed by atoms with van der Waals surface area (Å²) in [6.07, 6.45) is 3.67. The molecule has 14 heavy (non-hydrogen) atoms. The summed E-state index contributed by atoms with van der Waals surface area (Å²) in [4.78, 5) is 0. The number of allylic oxidation sites excluding steroid dienone is 4. The van der Waals surface area contributed by atoms with E-state index < -0.39 is 0 Å². The van der Waals surface area contributed by atoms with E-state index in [9.17, 15) is 0 Å². The van der Waals surface area contributed by atoms with E-state index in [1.54, 1.807) is 39.1 Å². The summed E-state index contributed by atoms with van der Waals surface area (Å²) in [6, 6.07) is 0. The van der Waals surface area contributed by atoms with Crippen LogP contribution >= 0.6 is 24.8 Å². The number of hydrogen-bond acceptors (Lipinski definition) is 0. The average molecular weight is 313 g/mol. The zero-order chi connectivity index (χ0) is 9.30. The summed E-state index contributed by atoms with van der Waals surface area (Å²) in [5, 5.41) is 0. The van der Waals surface area contributed by atoms with Crippen molar-refractivity contribution in [3.63, 3.8) is 0 Å². The van der Waals surface area contributed by atoms with Crippen LogP contribution in [0.4, 0.5) is 0 Å². The summed E-state index contributed by atoms with van der Waals surface area (Å²) in [5.74, 6) is 1.44. The smallest absolute Gasteiger partial charge is 0.147 e. The van der Waals surface area contributed by atoms with E-state index in [2.05, 4.69) is 33.8 Å². The predicted molar refractivity (Wildman–Crippen MR) is 63.9 cm³/mol. The summed E-state index contributed by atoms with van der Waals surface area (Å²) < 4.78 is 1.62. The number of hydrogen-bond donors (Lipinski definition) is 0. The van der Waals surface area contributed by atoms with Gasteiger partial charge in [-0.1, -0.05) is 0 Å². The molecule has 0 heterocycles. The summed E-state index contributed by atoms with van der Waals surface area (Å²) in [5.41, 5.74) is 3.29. The molecule has 0 saturated carbocycles. The van der Waals surface area contributed by atoms with Crippen LogP contribution in [0.5, 0.6) is 0 Å². The molecule has 0 fully saturated rings. The van der Waals surface area contributed by atoms with Crippen molar-refractivity contribution < 1.29 is 24.7 Å². The van der Waals surface area contributed by atoms with Crippen molar-refractivity contribution in [1.29, 1.82) is 0 Å². The van der Waals surface area contributed by atoms with E-state index in [1.807, 2.05) is 0 Å². The molecule has 0 bridgehead atoms. The van der Waals surface area contributed by atoms with E-state index >= 15 is 0 Å². The van der Waals surface area contributed by atoms with Gasteiger partial charge in [0.2, 0.25) is 0 Å². The predicted octanol–water partition coefficient (Wildman–Crippen LogP) is 4.27. The first-order valence-corrected chi connectivity index (χ1v) is 5.90. The Morgan fingerprint density at radius 2 is 1.57 bits per heavy atom. The quantitative estimate of drug-likeness (QED) is 0.714. The van der Waals surface area contributed by atoms with Crippen LogP contribution in [0.25, 0.3) is 0 Å². The monoisotopic (exact) mass is 311 g/mol. The molecule has 0 unspecified atom stereocenters. The van der Waals surface area contributed by atoms with Crippen molar-refractivity contribution in [2.75, 3.05) is 0 Å². The minimum Gasteiger partial charge on any atom is -0.147 e. The second-order valence-electron chi connectivity index (χ2n) is 4.14. The van der Waals surface area contributed by atoms with Gasteiger partial charge in [0.25, 0.3) is 0 Å². The second kappa shape index (κ2) is 7.26. The third kappa shape index (κ3) is 4.21. The number of halogens is 2. The second-order valence-corrected chi connectivity index (χ2v) is 5.71. The Labute approximate surface area is 115 Å². The molecule has 1 aliphatic carbocycles. The molecule has 0 spiro atoms. The molecule has 0 aromatic heterocycles. The van der Waals surface area contributed by atoms with Gasteiger partial charge in [0.05, 0.1) is 0 Å². The van der Waals surface area contributed by atoms with Gasteiger partial charge in [-0.05, 0) is 0 Å². The molecule has 0 amide bonds. The minimum absolute atomic E-state index is 0. The summed E-state index contributed by atoms with van der Waals surface area (Å²) in [7, 11) is 0. The van der Waals surface area contributed by atoms with Crippen LogP contribution in [0.2, 0.25) is 0 Å². The minimum atomic E-state index is 0. The molecule has 0 radical (unpaired) electrons. The zero-order valence-corrected chi connectivity index (χ0v) is 13.3. The van der Waals surface area contributed by atoms with Crippen LogP contribution in [0.15, 0.2) is 20.5 Å². The van der Waals surface area contributed by atoms with Crippen molar-refractivity contribution in [1.82, 2.24) is 0 Å². The Bertz CT molecular complexity index is 240. The SMILES string of the molecule is CC(C)C1=C(C(C)C)C[C]([Zr])=C1.Cl.Cl. The first-order valence-electron chi connectivity index (χ1n) is 4.67. The topological polar surface area (TPSA) is 0 Å². The maximum absolute atomic E-state index is 2.42. The molecule has 0 atom stereocenters. The van der Waals surface area contributed by atoms with Gasteiger partial charge in [-0.2, -0.15) is 0 Å². The molecular weight excluding hydrogens is 294 g/mol. The largest absolute Gasteiger partial charge is 0.147 e. The third-order valence-corrected chi connectivity index (χ3v) is 3.19. The van der Waals surface area contributed by atoms with Crippen molar-refractivity contribution in [3.05, 3.63) is 20.5 Å². The van der Waals surface area contributed by atoms with Gasteiger partial charge in [0.1, 0.15) is 0 Å². The van der Waals surface area contributed by atoms with Gasteiger partial charge in [-0.25, -0.2) is 0 Å². The van der Waals surface area contributed by atoms with E-state index in [0.717, 1.165) is 5.92 Å². The van der Waals surface area contributed by atoms with Gasteiger partial charge in [0, 0.05) is 0 Å². The maximum atomic E-state index is 2.42. The molecule has 81 valence electrons. The van der Waals surface area contributed by atoms with Gasteiger partial charge < -0.3 is 0 Å². The normalized spacial score (nSPS) is 15.4. The molecule has 0 saturated heterocycles.